The van der Waals surface area contributed by atoms with E-state index >= 15 is 0 Å². The number of hydrogen-bond acceptors (Lipinski definition) is 5. The molecule has 156 valence electrons. The van der Waals surface area contributed by atoms with E-state index in [9.17, 15) is 9.18 Å². The van der Waals surface area contributed by atoms with Gasteiger partial charge in [0, 0.05) is 16.8 Å². The third-order valence-electron chi connectivity index (χ3n) is 4.39. The minimum absolute atomic E-state index is 0.115. The molecule has 0 fully saturated rings. The van der Waals surface area contributed by atoms with Crippen LogP contribution in [0.5, 0.6) is 5.75 Å². The SMILES string of the molecule is CCOc1ccc(-c2nc3cc(NC(=S)NC(=O)c4ccc(F)cc4)ccc3o2)cc1. The van der Waals surface area contributed by atoms with Gasteiger partial charge < -0.3 is 14.5 Å². The average Bonchev–Trinajstić information content (AvgIpc) is 3.18. The highest BCUT2D eigenvalue weighted by atomic mass is 32.1. The lowest BCUT2D eigenvalue weighted by Crippen LogP contribution is -2.34. The molecule has 0 saturated heterocycles. The van der Waals surface area contributed by atoms with Crippen LogP contribution in [-0.2, 0) is 0 Å². The molecular formula is C23H18FN3O3S. The Morgan fingerprint density at radius 3 is 2.55 bits per heavy atom. The van der Waals surface area contributed by atoms with Crippen molar-refractivity contribution >= 4 is 40.0 Å². The monoisotopic (exact) mass is 435 g/mol. The van der Waals surface area contributed by atoms with Crippen LogP contribution in [0.15, 0.2) is 71.1 Å². The number of anilines is 1. The molecule has 0 aliphatic heterocycles. The highest BCUT2D eigenvalue weighted by Gasteiger charge is 2.11. The number of benzene rings is 3. The predicted molar refractivity (Wildman–Crippen MR) is 121 cm³/mol. The van der Waals surface area contributed by atoms with E-state index in [1.165, 1.54) is 24.3 Å². The first-order valence-electron chi connectivity index (χ1n) is 9.53. The molecule has 4 rings (SSSR count). The molecule has 0 aliphatic rings. The van der Waals surface area contributed by atoms with Gasteiger partial charge in [-0.25, -0.2) is 9.37 Å². The summed E-state index contributed by atoms with van der Waals surface area (Å²) in [6.07, 6.45) is 0. The van der Waals surface area contributed by atoms with Crippen molar-refractivity contribution in [3.05, 3.63) is 78.1 Å². The van der Waals surface area contributed by atoms with Crippen molar-refractivity contribution in [1.82, 2.24) is 10.3 Å². The smallest absolute Gasteiger partial charge is 0.257 e. The van der Waals surface area contributed by atoms with E-state index in [-0.39, 0.29) is 5.11 Å². The lowest BCUT2D eigenvalue weighted by Gasteiger charge is -2.09. The molecule has 2 N–H and O–H groups in total. The number of oxazole rings is 1. The first-order valence-corrected chi connectivity index (χ1v) is 9.94. The lowest BCUT2D eigenvalue weighted by atomic mass is 10.2. The molecule has 0 radical (unpaired) electrons. The Morgan fingerprint density at radius 2 is 1.84 bits per heavy atom. The van der Waals surface area contributed by atoms with Gasteiger partial charge in [0.05, 0.1) is 6.61 Å². The Labute approximate surface area is 183 Å². The number of ether oxygens (including phenoxy) is 1. The fraction of sp³-hybridized carbons (Fsp3) is 0.0870. The van der Waals surface area contributed by atoms with E-state index in [1.54, 1.807) is 18.2 Å². The minimum Gasteiger partial charge on any atom is -0.494 e. The Hall–Kier alpha value is -3.78. The number of amides is 1. The number of nitrogens with one attached hydrogen (secondary N) is 2. The third-order valence-corrected chi connectivity index (χ3v) is 4.60. The zero-order chi connectivity index (χ0) is 21.8. The first-order chi connectivity index (χ1) is 15.0. The quantitative estimate of drug-likeness (QED) is 0.422. The Morgan fingerprint density at radius 1 is 1.10 bits per heavy atom. The van der Waals surface area contributed by atoms with Gasteiger partial charge in [-0.15, -0.1) is 0 Å². The summed E-state index contributed by atoms with van der Waals surface area (Å²) in [7, 11) is 0. The van der Waals surface area contributed by atoms with Crippen LogP contribution in [0.3, 0.4) is 0 Å². The summed E-state index contributed by atoms with van der Waals surface area (Å²) in [5.74, 6) is 0.424. The van der Waals surface area contributed by atoms with E-state index in [4.69, 9.17) is 21.4 Å². The van der Waals surface area contributed by atoms with Gasteiger partial charge in [0.15, 0.2) is 10.7 Å². The van der Waals surface area contributed by atoms with Gasteiger partial charge in [-0.05, 0) is 85.9 Å². The van der Waals surface area contributed by atoms with Crippen LogP contribution in [0.25, 0.3) is 22.6 Å². The van der Waals surface area contributed by atoms with Crippen molar-refractivity contribution in [3.63, 3.8) is 0 Å². The number of rotatable bonds is 5. The van der Waals surface area contributed by atoms with Crippen LogP contribution in [0.1, 0.15) is 17.3 Å². The van der Waals surface area contributed by atoms with Gasteiger partial charge in [0.1, 0.15) is 17.1 Å². The zero-order valence-corrected chi connectivity index (χ0v) is 17.3. The number of halogens is 1. The van der Waals surface area contributed by atoms with Crippen LogP contribution < -0.4 is 15.4 Å². The topological polar surface area (TPSA) is 76.4 Å². The molecule has 0 unspecified atom stereocenters. The normalized spacial score (nSPS) is 10.6. The number of carbonyl (C=O) groups excluding carboxylic acids is 1. The van der Waals surface area contributed by atoms with Gasteiger partial charge in [-0.3, -0.25) is 10.1 Å². The summed E-state index contributed by atoms with van der Waals surface area (Å²) < 4.78 is 24.3. The van der Waals surface area contributed by atoms with Crippen molar-refractivity contribution in [2.75, 3.05) is 11.9 Å². The third kappa shape index (κ3) is 4.87. The molecule has 4 aromatic rings. The van der Waals surface area contributed by atoms with Crippen LogP contribution in [-0.4, -0.2) is 22.6 Å². The van der Waals surface area contributed by atoms with Gasteiger partial charge in [-0.2, -0.15) is 0 Å². The first kappa shape index (κ1) is 20.5. The summed E-state index contributed by atoms with van der Waals surface area (Å²) >= 11 is 5.20. The molecule has 8 heteroatoms. The van der Waals surface area contributed by atoms with E-state index in [1.807, 2.05) is 31.2 Å². The van der Waals surface area contributed by atoms with Gasteiger partial charge in [-0.1, -0.05) is 0 Å². The number of fused-ring (bicyclic) bond motifs is 1. The second kappa shape index (κ2) is 8.93. The second-order valence-electron chi connectivity index (χ2n) is 6.57. The van der Waals surface area contributed by atoms with E-state index in [0.29, 0.717) is 34.8 Å². The second-order valence-corrected chi connectivity index (χ2v) is 6.98. The van der Waals surface area contributed by atoms with Crippen molar-refractivity contribution in [2.45, 2.75) is 6.92 Å². The van der Waals surface area contributed by atoms with Crippen LogP contribution in [0.4, 0.5) is 10.1 Å². The Bertz CT molecular complexity index is 1240. The zero-order valence-electron chi connectivity index (χ0n) is 16.5. The van der Waals surface area contributed by atoms with Gasteiger partial charge in [0.2, 0.25) is 5.89 Å². The predicted octanol–water partition coefficient (Wildman–Crippen LogP) is 5.16. The summed E-state index contributed by atoms with van der Waals surface area (Å²) in [4.78, 5) is 16.7. The molecule has 0 spiro atoms. The van der Waals surface area contributed by atoms with Crippen molar-refractivity contribution < 1.29 is 18.3 Å². The van der Waals surface area contributed by atoms with E-state index in [0.717, 1.165) is 11.3 Å². The maximum Gasteiger partial charge on any atom is 0.257 e. The average molecular weight is 435 g/mol. The molecule has 1 aromatic heterocycles. The van der Waals surface area contributed by atoms with Crippen LogP contribution in [0.2, 0.25) is 0 Å². The largest absolute Gasteiger partial charge is 0.494 e. The van der Waals surface area contributed by atoms with E-state index < -0.39 is 11.7 Å². The number of carbonyl (C=O) groups is 1. The molecule has 3 aromatic carbocycles. The fourth-order valence-electron chi connectivity index (χ4n) is 2.93. The van der Waals surface area contributed by atoms with Crippen molar-refractivity contribution in [2.24, 2.45) is 0 Å². The Kier molecular flexibility index (Phi) is 5.90. The summed E-state index contributed by atoms with van der Waals surface area (Å²) in [6, 6.07) is 18.0. The molecule has 1 amide bonds. The fourth-order valence-corrected chi connectivity index (χ4v) is 3.14. The summed E-state index contributed by atoms with van der Waals surface area (Å²) in [5.41, 5.74) is 3.04. The van der Waals surface area contributed by atoms with E-state index in [2.05, 4.69) is 15.6 Å². The van der Waals surface area contributed by atoms with Crippen LogP contribution >= 0.6 is 12.2 Å². The molecule has 0 atom stereocenters. The minimum atomic E-state index is -0.433. The molecule has 0 aliphatic carbocycles. The molecule has 0 bridgehead atoms. The van der Waals surface area contributed by atoms with Gasteiger partial charge in [0.25, 0.3) is 5.91 Å². The highest BCUT2D eigenvalue weighted by molar-refractivity contribution is 7.80. The molecular weight excluding hydrogens is 417 g/mol. The molecule has 31 heavy (non-hydrogen) atoms. The molecule has 0 saturated carbocycles. The van der Waals surface area contributed by atoms with Gasteiger partial charge >= 0.3 is 0 Å². The number of thiocarbonyl (C=S) groups is 1. The summed E-state index contributed by atoms with van der Waals surface area (Å²) in [6.45, 7) is 2.53. The summed E-state index contributed by atoms with van der Waals surface area (Å²) in [5, 5.41) is 5.62. The molecule has 1 heterocycles. The lowest BCUT2D eigenvalue weighted by molar-refractivity contribution is 0.0977. The van der Waals surface area contributed by atoms with Crippen molar-refractivity contribution in [3.8, 4) is 17.2 Å². The Balaban J connectivity index is 1.45. The number of hydrogen-bond donors (Lipinski definition) is 2. The van der Waals surface area contributed by atoms with Crippen LogP contribution in [0, 0.1) is 5.82 Å². The van der Waals surface area contributed by atoms with Crippen molar-refractivity contribution in [1.29, 1.82) is 0 Å². The molecule has 6 nitrogen and oxygen atoms in total. The highest BCUT2D eigenvalue weighted by Crippen LogP contribution is 2.27. The maximum absolute atomic E-state index is 13.0. The standard InChI is InChI=1S/C23H18FN3O3S/c1-2-29-18-10-5-15(6-11-18)22-26-19-13-17(9-12-20(19)30-22)25-23(31)27-21(28)14-3-7-16(24)8-4-14/h3-13H,2H2,1H3,(H2,25,27,28,31). The maximum atomic E-state index is 13.0. The number of aromatic nitrogens is 1. The number of nitrogens with zero attached hydrogens (tertiary/aromatic N) is 1.